The minimum absolute atomic E-state index is 0.455. The Hall–Kier alpha value is -2.62. The summed E-state index contributed by atoms with van der Waals surface area (Å²) in [7, 11) is 0. The van der Waals surface area contributed by atoms with Gasteiger partial charge in [-0.2, -0.15) is 0 Å². The van der Waals surface area contributed by atoms with Gasteiger partial charge in [0.1, 0.15) is 0 Å². The molecule has 1 unspecified atom stereocenters. The zero-order valence-electron chi connectivity index (χ0n) is 12.6. The van der Waals surface area contributed by atoms with Crippen LogP contribution in [0.5, 0.6) is 0 Å². The largest absolute Gasteiger partial charge is 0.479 e. The monoisotopic (exact) mass is 284 g/mol. The lowest BCUT2D eigenvalue weighted by Gasteiger charge is -2.26. The number of benzene rings is 2. The molecule has 108 valence electrons. The second kappa shape index (κ2) is 6.22. The van der Waals surface area contributed by atoms with Crippen LogP contribution < -0.4 is 5.32 Å². The molecule has 0 aliphatic carbocycles. The van der Waals surface area contributed by atoms with Gasteiger partial charge in [-0.15, -0.1) is 0 Å². The lowest BCUT2D eigenvalue weighted by molar-refractivity contribution is -0.147. The van der Waals surface area contributed by atoms with Gasteiger partial charge in [0.15, 0.2) is 5.54 Å². The number of amides is 1. The zero-order chi connectivity index (χ0) is 16.2. The van der Waals surface area contributed by atoms with Crippen molar-refractivity contribution in [2.24, 2.45) is 0 Å². The predicted molar refractivity (Wildman–Crippen MR) is 79.7 cm³/mol. The van der Waals surface area contributed by atoms with E-state index in [0.717, 1.165) is 0 Å². The highest BCUT2D eigenvalue weighted by Gasteiger charge is 2.36. The molecule has 2 aromatic rings. The van der Waals surface area contributed by atoms with E-state index in [4.69, 9.17) is 1.37 Å². The molecule has 0 spiro atoms. The molecule has 1 amide bonds. The van der Waals surface area contributed by atoms with Crippen molar-refractivity contribution in [1.29, 1.82) is 0 Å². The summed E-state index contributed by atoms with van der Waals surface area (Å²) < 4.78 is 8.00. The van der Waals surface area contributed by atoms with Crippen LogP contribution in [-0.4, -0.2) is 17.0 Å². The SMILES string of the molecule is [2H]C(C(=O)N[C@@](C)(C(=O)O)c1ccccc1)c1ccccc1. The third-order valence-electron chi connectivity index (χ3n) is 3.25. The van der Waals surface area contributed by atoms with Gasteiger partial charge in [-0.3, -0.25) is 4.79 Å². The summed E-state index contributed by atoms with van der Waals surface area (Å²) in [4.78, 5) is 23.9. The summed E-state index contributed by atoms with van der Waals surface area (Å²) in [5.74, 6) is -1.83. The Bertz CT molecular complexity index is 660. The number of aliphatic carboxylic acids is 1. The Labute approximate surface area is 124 Å². The average Bonchev–Trinajstić information content (AvgIpc) is 2.55. The standard InChI is InChI=1S/C17H17NO3/c1-17(16(20)21,14-10-6-3-7-11-14)18-15(19)12-13-8-4-2-5-9-13/h2-11H,12H2,1H3,(H,18,19)(H,20,21)/t17-/m1/s1/i12D/t12?,17-. The van der Waals surface area contributed by atoms with Crippen LogP contribution in [0.3, 0.4) is 0 Å². The molecule has 0 saturated heterocycles. The van der Waals surface area contributed by atoms with Crippen molar-refractivity contribution in [3.63, 3.8) is 0 Å². The molecule has 2 atom stereocenters. The van der Waals surface area contributed by atoms with Crippen LogP contribution in [0.25, 0.3) is 0 Å². The number of nitrogens with one attached hydrogen (secondary N) is 1. The molecule has 21 heavy (non-hydrogen) atoms. The van der Waals surface area contributed by atoms with Crippen LogP contribution >= 0.6 is 0 Å². The van der Waals surface area contributed by atoms with Gasteiger partial charge >= 0.3 is 5.97 Å². The first-order valence-electron chi connectivity index (χ1n) is 7.11. The maximum absolute atomic E-state index is 12.3. The van der Waals surface area contributed by atoms with E-state index in [1.54, 1.807) is 60.7 Å². The predicted octanol–water partition coefficient (Wildman–Crippen LogP) is 2.35. The van der Waals surface area contributed by atoms with Crippen molar-refractivity contribution in [1.82, 2.24) is 5.32 Å². The number of hydrogen-bond acceptors (Lipinski definition) is 2. The van der Waals surface area contributed by atoms with Crippen molar-refractivity contribution < 1.29 is 16.1 Å². The van der Waals surface area contributed by atoms with Crippen molar-refractivity contribution in [2.75, 3.05) is 0 Å². The number of carboxylic acids is 1. The molecular formula is C17H17NO3. The maximum Gasteiger partial charge on any atom is 0.333 e. The molecule has 4 heteroatoms. The Morgan fingerprint density at radius 3 is 2.14 bits per heavy atom. The van der Waals surface area contributed by atoms with Crippen molar-refractivity contribution in [2.45, 2.75) is 18.9 Å². The van der Waals surface area contributed by atoms with Crippen LogP contribution in [0.15, 0.2) is 60.7 Å². The molecule has 0 aliphatic heterocycles. The van der Waals surface area contributed by atoms with Gasteiger partial charge < -0.3 is 10.4 Å². The fourth-order valence-electron chi connectivity index (χ4n) is 2.00. The molecule has 0 heterocycles. The molecule has 0 aromatic heterocycles. The summed E-state index contributed by atoms with van der Waals surface area (Å²) in [5, 5.41) is 12.0. The fourth-order valence-corrected chi connectivity index (χ4v) is 2.00. The Kier molecular flexibility index (Phi) is 3.96. The number of rotatable bonds is 5. The van der Waals surface area contributed by atoms with E-state index in [1.807, 2.05) is 0 Å². The zero-order valence-corrected chi connectivity index (χ0v) is 11.6. The highest BCUT2D eigenvalue weighted by Crippen LogP contribution is 2.21. The van der Waals surface area contributed by atoms with E-state index in [-0.39, 0.29) is 0 Å². The minimum atomic E-state index is -1.58. The van der Waals surface area contributed by atoms with Gasteiger partial charge in [0.05, 0.1) is 6.40 Å². The Morgan fingerprint density at radius 1 is 1.10 bits per heavy atom. The number of hydrogen-bond donors (Lipinski definition) is 2. The average molecular weight is 284 g/mol. The van der Waals surface area contributed by atoms with Gasteiger partial charge in [0.2, 0.25) is 5.91 Å². The van der Waals surface area contributed by atoms with E-state index in [0.29, 0.717) is 11.1 Å². The number of carboxylic acid groups (broad SMARTS) is 1. The van der Waals surface area contributed by atoms with E-state index in [1.165, 1.54) is 6.92 Å². The van der Waals surface area contributed by atoms with Gasteiger partial charge in [0, 0.05) is 1.37 Å². The molecule has 2 rings (SSSR count). The topological polar surface area (TPSA) is 66.4 Å². The van der Waals surface area contributed by atoms with E-state index < -0.39 is 23.8 Å². The highest BCUT2D eigenvalue weighted by molar-refractivity contribution is 5.88. The van der Waals surface area contributed by atoms with Crippen LogP contribution in [0, 0.1) is 0 Å². The summed E-state index contributed by atoms with van der Waals surface area (Å²) in [6.45, 7) is 1.42. The first kappa shape index (κ1) is 13.4. The molecule has 0 fully saturated rings. The second-order valence-corrected chi connectivity index (χ2v) is 4.84. The summed E-state index contributed by atoms with van der Waals surface area (Å²) in [6.07, 6.45) is -1.18. The fraction of sp³-hybridized carbons (Fsp3) is 0.176. The first-order valence-corrected chi connectivity index (χ1v) is 6.53. The van der Waals surface area contributed by atoms with Crippen molar-refractivity contribution in [3.05, 3.63) is 71.8 Å². The molecule has 4 nitrogen and oxygen atoms in total. The summed E-state index contributed by atoms with van der Waals surface area (Å²) >= 11 is 0. The van der Waals surface area contributed by atoms with E-state index in [2.05, 4.69) is 5.32 Å². The van der Waals surface area contributed by atoms with E-state index >= 15 is 0 Å². The van der Waals surface area contributed by atoms with Crippen molar-refractivity contribution in [3.8, 4) is 0 Å². The van der Waals surface area contributed by atoms with Gasteiger partial charge in [0.25, 0.3) is 0 Å². The van der Waals surface area contributed by atoms with Crippen LogP contribution in [0.1, 0.15) is 19.4 Å². The molecule has 2 N–H and O–H groups in total. The van der Waals surface area contributed by atoms with Gasteiger partial charge in [-0.1, -0.05) is 60.7 Å². The van der Waals surface area contributed by atoms with Crippen LogP contribution in [-0.2, 0) is 21.5 Å². The van der Waals surface area contributed by atoms with Gasteiger partial charge in [-0.05, 0) is 18.1 Å². The van der Waals surface area contributed by atoms with E-state index in [9.17, 15) is 14.7 Å². The first-order chi connectivity index (χ1) is 10.4. The van der Waals surface area contributed by atoms with Crippen LogP contribution in [0.4, 0.5) is 0 Å². The number of carbonyl (C=O) groups excluding carboxylic acids is 1. The molecule has 0 bridgehead atoms. The second-order valence-electron chi connectivity index (χ2n) is 4.84. The molecular weight excluding hydrogens is 266 g/mol. The maximum atomic E-state index is 12.3. The van der Waals surface area contributed by atoms with Crippen molar-refractivity contribution >= 4 is 11.9 Å². The third-order valence-corrected chi connectivity index (χ3v) is 3.25. The Morgan fingerprint density at radius 2 is 1.62 bits per heavy atom. The normalized spacial score (nSPS) is 15.4. The lowest BCUT2D eigenvalue weighted by Crippen LogP contribution is -2.50. The summed E-state index contributed by atoms with van der Waals surface area (Å²) in [6, 6.07) is 17.0. The smallest absolute Gasteiger partial charge is 0.333 e. The van der Waals surface area contributed by atoms with Gasteiger partial charge in [-0.25, -0.2) is 4.79 Å². The Balaban J connectivity index is 2.25. The minimum Gasteiger partial charge on any atom is -0.479 e. The highest BCUT2D eigenvalue weighted by atomic mass is 16.4. The quantitative estimate of drug-likeness (QED) is 0.885. The lowest BCUT2D eigenvalue weighted by atomic mass is 9.91. The molecule has 0 radical (unpaired) electrons. The third kappa shape index (κ3) is 3.48. The number of carbonyl (C=O) groups is 2. The van der Waals surface area contributed by atoms with Crippen LogP contribution in [0.2, 0.25) is 0 Å². The molecule has 0 saturated carbocycles. The summed E-state index contributed by atoms with van der Waals surface area (Å²) in [5.41, 5.74) is -0.608. The molecule has 0 aliphatic rings. The molecule has 2 aromatic carbocycles.